The molecule has 9 nitrogen and oxygen atoms in total. The fourth-order valence-corrected chi connectivity index (χ4v) is 4.40. The Hall–Kier alpha value is -4.11. The number of nitrogens with zero attached hydrogens (tertiary/aromatic N) is 2. The normalized spacial score (nSPS) is 14.9. The Morgan fingerprint density at radius 3 is 2.62 bits per heavy atom. The Morgan fingerprint density at radius 2 is 1.88 bits per heavy atom. The summed E-state index contributed by atoms with van der Waals surface area (Å²) >= 11 is 0. The van der Waals surface area contributed by atoms with Crippen LogP contribution >= 0.6 is 0 Å². The monoisotopic (exact) mass is 457 g/mol. The molecular weight excluding hydrogens is 430 g/mol. The summed E-state index contributed by atoms with van der Waals surface area (Å²) in [6.45, 7) is 2.18. The van der Waals surface area contributed by atoms with Gasteiger partial charge in [0.2, 0.25) is 0 Å². The van der Waals surface area contributed by atoms with Crippen LogP contribution in [0.2, 0.25) is 0 Å². The second-order valence-corrected chi connectivity index (χ2v) is 8.71. The molecule has 2 amide bonds. The van der Waals surface area contributed by atoms with Gasteiger partial charge in [0.05, 0.1) is 16.8 Å². The van der Waals surface area contributed by atoms with E-state index in [1.54, 1.807) is 24.4 Å². The van der Waals surface area contributed by atoms with Crippen molar-refractivity contribution < 1.29 is 9.59 Å². The number of nitrogens with two attached hydrogens (primary N) is 1. The predicted molar refractivity (Wildman–Crippen MR) is 133 cm³/mol. The zero-order valence-electron chi connectivity index (χ0n) is 18.9. The number of fused-ring (bicyclic) bond motifs is 1. The van der Waals surface area contributed by atoms with E-state index in [-0.39, 0.29) is 5.91 Å². The van der Waals surface area contributed by atoms with Crippen molar-refractivity contribution in [2.45, 2.75) is 18.9 Å². The number of anilines is 2. The zero-order valence-corrected chi connectivity index (χ0v) is 18.9. The highest BCUT2D eigenvalue weighted by Crippen LogP contribution is 2.30. The van der Waals surface area contributed by atoms with Crippen molar-refractivity contribution in [2.24, 2.45) is 5.73 Å². The van der Waals surface area contributed by atoms with E-state index in [0.29, 0.717) is 34.2 Å². The number of likely N-dealkylation sites (tertiary alicyclic amines) is 1. The van der Waals surface area contributed by atoms with Crippen LogP contribution in [0.5, 0.6) is 0 Å². The maximum Gasteiger partial charge on any atom is 0.256 e. The van der Waals surface area contributed by atoms with Gasteiger partial charge in [0, 0.05) is 40.5 Å². The molecule has 1 saturated heterocycles. The number of para-hydroxylation sites is 1. The molecule has 1 fully saturated rings. The number of aromatic nitrogens is 3. The van der Waals surface area contributed by atoms with Crippen molar-refractivity contribution >= 4 is 34.2 Å². The number of amides is 2. The minimum atomic E-state index is -0.499. The van der Waals surface area contributed by atoms with Crippen LogP contribution in [-0.4, -0.2) is 58.1 Å². The van der Waals surface area contributed by atoms with E-state index >= 15 is 0 Å². The molecule has 3 heterocycles. The summed E-state index contributed by atoms with van der Waals surface area (Å²) < 4.78 is 0. The molecule has 174 valence electrons. The number of aromatic amines is 2. The highest BCUT2D eigenvalue weighted by Gasteiger charge is 2.17. The SMILES string of the molecule is CN1CCC(Nc2ccc(C(=O)Nc3cc(-c4c[nH]c5c(C(N)=O)cccc45)n[nH]3)cc2)CC1. The molecule has 2 aromatic heterocycles. The van der Waals surface area contributed by atoms with Crippen LogP contribution in [0.15, 0.2) is 54.7 Å². The first kappa shape index (κ1) is 21.7. The number of H-pyrrole nitrogens is 2. The van der Waals surface area contributed by atoms with E-state index in [9.17, 15) is 9.59 Å². The summed E-state index contributed by atoms with van der Waals surface area (Å²) in [4.78, 5) is 29.9. The summed E-state index contributed by atoms with van der Waals surface area (Å²) in [5, 5.41) is 14.4. The fourth-order valence-electron chi connectivity index (χ4n) is 4.40. The molecule has 0 saturated carbocycles. The highest BCUT2D eigenvalue weighted by molar-refractivity contribution is 6.09. The van der Waals surface area contributed by atoms with E-state index in [1.807, 2.05) is 30.3 Å². The van der Waals surface area contributed by atoms with Gasteiger partial charge >= 0.3 is 0 Å². The number of carbonyl (C=O) groups is 2. The standard InChI is InChI=1S/C25H27N7O2/c1-32-11-9-17(10-12-32)28-16-7-5-15(6-8-16)25(34)29-22-13-21(30-31-22)20-14-27-23-18(20)3-2-4-19(23)24(26)33/h2-8,13-14,17,27-28H,9-12H2,1H3,(H2,26,33)(H2,29,30,31,34). The molecule has 34 heavy (non-hydrogen) atoms. The number of nitrogens with one attached hydrogen (secondary N) is 4. The Labute approximate surface area is 196 Å². The van der Waals surface area contributed by atoms with Gasteiger partial charge in [-0.3, -0.25) is 14.7 Å². The third kappa shape index (κ3) is 4.38. The summed E-state index contributed by atoms with van der Waals surface area (Å²) in [6, 6.07) is 15.1. The van der Waals surface area contributed by atoms with E-state index in [1.165, 1.54) is 0 Å². The van der Waals surface area contributed by atoms with E-state index in [2.05, 4.69) is 37.8 Å². The van der Waals surface area contributed by atoms with Gasteiger partial charge in [-0.05, 0) is 63.3 Å². The lowest BCUT2D eigenvalue weighted by molar-refractivity contribution is 0.0998. The average molecular weight is 458 g/mol. The molecule has 0 radical (unpaired) electrons. The molecule has 0 atom stereocenters. The molecule has 1 aliphatic heterocycles. The zero-order chi connectivity index (χ0) is 23.7. The molecule has 1 aliphatic rings. The van der Waals surface area contributed by atoms with Crippen LogP contribution in [0.3, 0.4) is 0 Å². The number of primary amides is 1. The van der Waals surface area contributed by atoms with Crippen molar-refractivity contribution in [3.8, 4) is 11.3 Å². The Balaban J connectivity index is 1.26. The number of carbonyl (C=O) groups excluding carboxylic acids is 2. The quantitative estimate of drug-likeness (QED) is 0.303. The lowest BCUT2D eigenvalue weighted by Gasteiger charge is -2.30. The van der Waals surface area contributed by atoms with Crippen molar-refractivity contribution in [3.63, 3.8) is 0 Å². The molecule has 9 heteroatoms. The van der Waals surface area contributed by atoms with Crippen LogP contribution in [0.1, 0.15) is 33.6 Å². The molecule has 2 aromatic carbocycles. The third-order valence-electron chi connectivity index (χ3n) is 6.32. The minimum Gasteiger partial charge on any atom is -0.382 e. The minimum absolute atomic E-state index is 0.226. The molecule has 0 aliphatic carbocycles. The van der Waals surface area contributed by atoms with Crippen LogP contribution in [0, 0.1) is 0 Å². The molecule has 6 N–H and O–H groups in total. The number of rotatable bonds is 6. The van der Waals surface area contributed by atoms with Crippen molar-refractivity contribution in [2.75, 3.05) is 30.8 Å². The van der Waals surface area contributed by atoms with Gasteiger partial charge in [-0.2, -0.15) is 5.10 Å². The molecule has 0 unspecified atom stereocenters. The maximum atomic E-state index is 12.7. The van der Waals surface area contributed by atoms with Gasteiger partial charge < -0.3 is 26.3 Å². The maximum absolute atomic E-state index is 12.7. The molecule has 5 rings (SSSR count). The third-order valence-corrected chi connectivity index (χ3v) is 6.32. The largest absolute Gasteiger partial charge is 0.382 e. The average Bonchev–Trinajstić information content (AvgIpc) is 3.47. The first-order chi connectivity index (χ1) is 16.5. The Kier molecular flexibility index (Phi) is 5.77. The van der Waals surface area contributed by atoms with Gasteiger partial charge in [-0.15, -0.1) is 0 Å². The molecule has 0 bridgehead atoms. The van der Waals surface area contributed by atoms with Crippen molar-refractivity contribution in [3.05, 3.63) is 65.9 Å². The molecule has 4 aromatic rings. The van der Waals surface area contributed by atoms with Gasteiger partial charge in [-0.25, -0.2) is 0 Å². The summed E-state index contributed by atoms with van der Waals surface area (Å²) in [6.07, 6.45) is 4.00. The topological polar surface area (TPSA) is 132 Å². The second kappa shape index (κ2) is 9.03. The number of hydrogen-bond donors (Lipinski definition) is 5. The highest BCUT2D eigenvalue weighted by atomic mass is 16.2. The van der Waals surface area contributed by atoms with Gasteiger partial charge in [0.25, 0.3) is 11.8 Å². The summed E-state index contributed by atoms with van der Waals surface area (Å²) in [5.74, 6) is -0.244. The first-order valence-corrected chi connectivity index (χ1v) is 11.3. The number of benzene rings is 2. The lowest BCUT2D eigenvalue weighted by atomic mass is 10.0. The lowest BCUT2D eigenvalue weighted by Crippen LogP contribution is -2.36. The van der Waals surface area contributed by atoms with Crippen LogP contribution < -0.4 is 16.4 Å². The smallest absolute Gasteiger partial charge is 0.256 e. The van der Waals surface area contributed by atoms with Crippen LogP contribution in [0.4, 0.5) is 11.5 Å². The van der Waals surface area contributed by atoms with Crippen molar-refractivity contribution in [1.82, 2.24) is 20.1 Å². The number of piperidine rings is 1. The second-order valence-electron chi connectivity index (χ2n) is 8.71. The Bertz CT molecular complexity index is 1330. The molecular formula is C25H27N7O2. The fraction of sp³-hybridized carbons (Fsp3) is 0.240. The van der Waals surface area contributed by atoms with Crippen LogP contribution in [0.25, 0.3) is 22.2 Å². The Morgan fingerprint density at radius 1 is 1.12 bits per heavy atom. The van der Waals surface area contributed by atoms with E-state index in [0.717, 1.165) is 42.6 Å². The van der Waals surface area contributed by atoms with E-state index in [4.69, 9.17) is 5.73 Å². The van der Waals surface area contributed by atoms with Crippen LogP contribution in [-0.2, 0) is 0 Å². The number of hydrogen-bond acceptors (Lipinski definition) is 5. The van der Waals surface area contributed by atoms with Crippen molar-refractivity contribution in [1.29, 1.82) is 0 Å². The summed E-state index contributed by atoms with van der Waals surface area (Å²) in [7, 11) is 2.15. The molecule has 0 spiro atoms. The van der Waals surface area contributed by atoms with E-state index < -0.39 is 5.91 Å². The van der Waals surface area contributed by atoms with Gasteiger partial charge in [-0.1, -0.05) is 12.1 Å². The first-order valence-electron chi connectivity index (χ1n) is 11.3. The predicted octanol–water partition coefficient (Wildman–Crippen LogP) is 3.42. The van der Waals surface area contributed by atoms with Gasteiger partial charge in [0.15, 0.2) is 0 Å². The summed E-state index contributed by atoms with van der Waals surface area (Å²) in [5.41, 5.74) is 9.57. The van der Waals surface area contributed by atoms with Gasteiger partial charge in [0.1, 0.15) is 5.82 Å².